The maximum Gasteiger partial charge on any atom is -0.0112 e. The van der Waals surface area contributed by atoms with E-state index in [0.29, 0.717) is 16.2 Å². The SMILES string of the molecule is C=C[C@@]1(C)CCC2C(=CCC3C(C)(C)CCCC23C)C1. The molecule has 0 amide bonds. The standard InChI is InChI=1S/C20H32/c1-6-19(4)13-10-16-15(14-19)8-9-17-18(2,3)11-7-12-20(16,17)5/h6,8,16-17H,1,7,9-14H2,2-5H3/t16?,17?,19-,20?/m0/s1. The summed E-state index contributed by atoms with van der Waals surface area (Å²) >= 11 is 0. The van der Waals surface area contributed by atoms with Crippen molar-refractivity contribution in [3.63, 3.8) is 0 Å². The Morgan fingerprint density at radius 3 is 2.60 bits per heavy atom. The third-order valence-electron chi connectivity index (χ3n) is 7.24. The number of fused-ring (bicyclic) bond motifs is 3. The van der Waals surface area contributed by atoms with Gasteiger partial charge in [-0.3, -0.25) is 0 Å². The molecule has 3 unspecified atom stereocenters. The van der Waals surface area contributed by atoms with Gasteiger partial charge < -0.3 is 0 Å². The summed E-state index contributed by atoms with van der Waals surface area (Å²) in [6.45, 7) is 14.1. The van der Waals surface area contributed by atoms with Gasteiger partial charge >= 0.3 is 0 Å². The smallest absolute Gasteiger partial charge is 0.0112 e. The van der Waals surface area contributed by atoms with E-state index in [-0.39, 0.29) is 0 Å². The normalized spacial score (nSPS) is 46.9. The molecule has 3 aliphatic rings. The van der Waals surface area contributed by atoms with Crippen molar-refractivity contribution in [3.05, 3.63) is 24.3 Å². The second-order valence-corrected chi connectivity index (χ2v) is 9.04. The van der Waals surface area contributed by atoms with Crippen LogP contribution in [0, 0.1) is 28.1 Å². The lowest BCUT2D eigenvalue weighted by molar-refractivity contribution is -0.0489. The number of hydrogen-bond donors (Lipinski definition) is 0. The van der Waals surface area contributed by atoms with Crippen LogP contribution in [-0.2, 0) is 0 Å². The molecule has 0 aromatic rings. The molecule has 0 spiro atoms. The van der Waals surface area contributed by atoms with Crippen LogP contribution in [0.5, 0.6) is 0 Å². The molecule has 20 heavy (non-hydrogen) atoms. The van der Waals surface area contributed by atoms with E-state index in [1.54, 1.807) is 5.57 Å². The van der Waals surface area contributed by atoms with Gasteiger partial charge in [-0.25, -0.2) is 0 Å². The van der Waals surface area contributed by atoms with E-state index < -0.39 is 0 Å². The van der Waals surface area contributed by atoms with E-state index in [1.807, 2.05) is 0 Å². The van der Waals surface area contributed by atoms with E-state index in [9.17, 15) is 0 Å². The molecule has 0 heteroatoms. The molecule has 0 radical (unpaired) electrons. The van der Waals surface area contributed by atoms with Crippen LogP contribution in [0.15, 0.2) is 24.3 Å². The Bertz CT molecular complexity index is 441. The maximum absolute atomic E-state index is 4.09. The van der Waals surface area contributed by atoms with Gasteiger partial charge in [-0.05, 0) is 66.6 Å². The van der Waals surface area contributed by atoms with Crippen LogP contribution in [0.2, 0.25) is 0 Å². The van der Waals surface area contributed by atoms with Gasteiger partial charge in [0.05, 0.1) is 0 Å². The van der Waals surface area contributed by atoms with Crippen LogP contribution in [0.1, 0.15) is 72.6 Å². The highest BCUT2D eigenvalue weighted by molar-refractivity contribution is 5.24. The molecule has 0 aromatic carbocycles. The fraction of sp³-hybridized carbons (Fsp3) is 0.800. The van der Waals surface area contributed by atoms with E-state index in [0.717, 1.165) is 11.8 Å². The Kier molecular flexibility index (Phi) is 3.23. The lowest BCUT2D eigenvalue weighted by Gasteiger charge is -2.59. The molecule has 2 saturated carbocycles. The first-order valence-electron chi connectivity index (χ1n) is 8.63. The molecular weight excluding hydrogens is 240 g/mol. The molecule has 0 bridgehead atoms. The van der Waals surface area contributed by atoms with E-state index in [1.165, 1.54) is 44.9 Å². The van der Waals surface area contributed by atoms with Gasteiger partial charge in [0.25, 0.3) is 0 Å². The van der Waals surface area contributed by atoms with Crippen molar-refractivity contribution in [1.82, 2.24) is 0 Å². The molecule has 0 heterocycles. The number of allylic oxidation sites excluding steroid dienone is 3. The molecule has 0 aliphatic heterocycles. The zero-order valence-electron chi connectivity index (χ0n) is 14.0. The second kappa shape index (κ2) is 4.49. The fourth-order valence-corrected chi connectivity index (χ4v) is 5.92. The third-order valence-corrected chi connectivity index (χ3v) is 7.24. The van der Waals surface area contributed by atoms with Crippen LogP contribution in [-0.4, -0.2) is 0 Å². The highest BCUT2D eigenvalue weighted by Crippen LogP contribution is 2.63. The zero-order chi connectivity index (χ0) is 14.6. The molecule has 2 fully saturated rings. The second-order valence-electron chi connectivity index (χ2n) is 9.04. The summed E-state index contributed by atoms with van der Waals surface area (Å²) in [5.74, 6) is 1.75. The maximum atomic E-state index is 4.09. The third kappa shape index (κ3) is 2.02. The monoisotopic (exact) mass is 272 g/mol. The summed E-state index contributed by atoms with van der Waals surface area (Å²) in [5, 5.41) is 0. The van der Waals surface area contributed by atoms with Gasteiger partial charge in [0.2, 0.25) is 0 Å². The van der Waals surface area contributed by atoms with E-state index in [4.69, 9.17) is 0 Å². The summed E-state index contributed by atoms with van der Waals surface area (Å²) < 4.78 is 0. The molecular formula is C20H32. The molecule has 3 rings (SSSR count). The van der Waals surface area contributed by atoms with Crippen molar-refractivity contribution in [2.24, 2.45) is 28.1 Å². The summed E-state index contributed by atoms with van der Waals surface area (Å²) in [6.07, 6.45) is 14.5. The molecule has 0 aromatic heterocycles. The van der Waals surface area contributed by atoms with Gasteiger partial charge in [-0.2, -0.15) is 0 Å². The molecule has 0 nitrogen and oxygen atoms in total. The van der Waals surface area contributed by atoms with Gasteiger partial charge in [0, 0.05) is 0 Å². The first kappa shape index (κ1) is 14.4. The number of hydrogen-bond acceptors (Lipinski definition) is 0. The predicted octanol–water partition coefficient (Wildman–Crippen LogP) is 6.14. The quantitative estimate of drug-likeness (QED) is 0.503. The zero-order valence-corrected chi connectivity index (χ0v) is 14.0. The van der Waals surface area contributed by atoms with Gasteiger partial charge in [0.1, 0.15) is 0 Å². The summed E-state index contributed by atoms with van der Waals surface area (Å²) in [5.41, 5.74) is 3.23. The largest absolute Gasteiger partial charge is 0.103 e. The Morgan fingerprint density at radius 2 is 1.90 bits per heavy atom. The molecule has 112 valence electrons. The van der Waals surface area contributed by atoms with Crippen LogP contribution >= 0.6 is 0 Å². The topological polar surface area (TPSA) is 0 Å². The Labute approximate surface area is 125 Å². The van der Waals surface area contributed by atoms with Crippen molar-refractivity contribution in [1.29, 1.82) is 0 Å². The average Bonchev–Trinajstić information content (AvgIpc) is 2.37. The van der Waals surface area contributed by atoms with Gasteiger partial charge in [-0.1, -0.05) is 51.8 Å². The molecule has 0 N–H and O–H groups in total. The van der Waals surface area contributed by atoms with E-state index in [2.05, 4.69) is 46.4 Å². The van der Waals surface area contributed by atoms with Crippen LogP contribution in [0.25, 0.3) is 0 Å². The van der Waals surface area contributed by atoms with Crippen molar-refractivity contribution in [3.8, 4) is 0 Å². The van der Waals surface area contributed by atoms with Gasteiger partial charge in [0.15, 0.2) is 0 Å². The number of rotatable bonds is 1. The lowest BCUT2D eigenvalue weighted by Crippen LogP contribution is -2.50. The van der Waals surface area contributed by atoms with Crippen LogP contribution in [0.4, 0.5) is 0 Å². The van der Waals surface area contributed by atoms with Crippen molar-refractivity contribution >= 4 is 0 Å². The first-order chi connectivity index (χ1) is 9.31. The summed E-state index contributed by atoms with van der Waals surface area (Å²) in [6, 6.07) is 0. The van der Waals surface area contributed by atoms with Crippen molar-refractivity contribution in [2.45, 2.75) is 72.6 Å². The Morgan fingerprint density at radius 1 is 1.15 bits per heavy atom. The fourth-order valence-electron chi connectivity index (χ4n) is 5.92. The Hall–Kier alpha value is -0.520. The predicted molar refractivity (Wildman–Crippen MR) is 87.6 cm³/mol. The summed E-state index contributed by atoms with van der Waals surface area (Å²) in [7, 11) is 0. The first-order valence-corrected chi connectivity index (χ1v) is 8.63. The van der Waals surface area contributed by atoms with Crippen molar-refractivity contribution in [2.75, 3.05) is 0 Å². The lowest BCUT2D eigenvalue weighted by atomic mass is 9.46. The van der Waals surface area contributed by atoms with Crippen molar-refractivity contribution < 1.29 is 0 Å². The van der Waals surface area contributed by atoms with E-state index >= 15 is 0 Å². The molecule has 4 atom stereocenters. The van der Waals surface area contributed by atoms with Crippen LogP contribution in [0.3, 0.4) is 0 Å². The highest BCUT2D eigenvalue weighted by Gasteiger charge is 2.53. The molecule has 0 saturated heterocycles. The van der Waals surface area contributed by atoms with Gasteiger partial charge in [-0.15, -0.1) is 6.58 Å². The minimum atomic E-state index is 0.357. The van der Waals surface area contributed by atoms with Crippen LogP contribution < -0.4 is 0 Å². The molecule has 3 aliphatic carbocycles. The Balaban J connectivity index is 1.94. The minimum Gasteiger partial charge on any atom is -0.103 e. The summed E-state index contributed by atoms with van der Waals surface area (Å²) in [4.78, 5) is 0. The highest BCUT2D eigenvalue weighted by atomic mass is 14.6. The minimum absolute atomic E-state index is 0.357. The average molecular weight is 272 g/mol.